The minimum absolute atomic E-state index is 0. The number of carbonyl (C=O) groups is 1. The Hall–Kier alpha value is -1.05. The fourth-order valence-electron chi connectivity index (χ4n) is 0.118. The SMILES string of the molecule is C.C/C=C(\C)C(=O)[O-].CC=C(C)C. The van der Waals surface area contributed by atoms with Gasteiger partial charge in [-0.25, -0.2) is 0 Å². The summed E-state index contributed by atoms with van der Waals surface area (Å²) in [5.74, 6) is -1.09. The van der Waals surface area contributed by atoms with Gasteiger partial charge in [-0.05, 0) is 40.2 Å². The molecule has 0 aliphatic rings. The summed E-state index contributed by atoms with van der Waals surface area (Å²) in [5.41, 5.74) is 1.66. The first-order valence-corrected chi connectivity index (χ1v) is 3.89. The van der Waals surface area contributed by atoms with E-state index in [2.05, 4.69) is 19.9 Å². The summed E-state index contributed by atoms with van der Waals surface area (Å²) >= 11 is 0. The molecule has 0 heterocycles. The van der Waals surface area contributed by atoms with Crippen LogP contribution in [0.15, 0.2) is 23.3 Å². The second-order valence-corrected chi connectivity index (χ2v) is 2.63. The summed E-state index contributed by atoms with van der Waals surface area (Å²) in [6.45, 7) is 9.36. The predicted octanol–water partition coefficient (Wildman–Crippen LogP) is 2.31. The van der Waals surface area contributed by atoms with Crippen molar-refractivity contribution in [3.8, 4) is 0 Å². The molecule has 0 fully saturated rings. The number of carboxylic acid groups (broad SMARTS) is 1. The highest BCUT2D eigenvalue weighted by molar-refractivity contribution is 5.83. The van der Waals surface area contributed by atoms with Crippen molar-refractivity contribution in [2.24, 2.45) is 0 Å². The van der Waals surface area contributed by atoms with E-state index in [9.17, 15) is 9.90 Å². The van der Waals surface area contributed by atoms with Crippen LogP contribution >= 0.6 is 0 Å². The van der Waals surface area contributed by atoms with Gasteiger partial charge in [0.05, 0.1) is 5.97 Å². The Bertz CT molecular complexity index is 184. The number of carbonyl (C=O) groups excluding carboxylic acids is 1. The Morgan fingerprint density at radius 1 is 1.08 bits per heavy atom. The lowest BCUT2D eigenvalue weighted by Gasteiger charge is -1.96. The molecule has 0 amide bonds. The van der Waals surface area contributed by atoms with Crippen LogP contribution in [-0.2, 0) is 4.79 Å². The third-order valence-corrected chi connectivity index (χ3v) is 1.33. The van der Waals surface area contributed by atoms with E-state index in [1.165, 1.54) is 18.6 Å². The summed E-state index contributed by atoms with van der Waals surface area (Å²) in [5, 5.41) is 9.75. The number of aliphatic carboxylic acids is 1. The third kappa shape index (κ3) is 18.2. The predicted molar refractivity (Wildman–Crippen MR) is 56.3 cm³/mol. The van der Waals surface area contributed by atoms with Crippen LogP contribution in [0.1, 0.15) is 42.0 Å². The van der Waals surface area contributed by atoms with Gasteiger partial charge in [0.25, 0.3) is 0 Å². The van der Waals surface area contributed by atoms with Crippen LogP contribution in [0.4, 0.5) is 0 Å². The lowest BCUT2D eigenvalue weighted by atomic mass is 10.3. The average molecular weight is 185 g/mol. The van der Waals surface area contributed by atoms with Gasteiger partial charge in [-0.2, -0.15) is 0 Å². The third-order valence-electron chi connectivity index (χ3n) is 1.33. The molecule has 0 saturated heterocycles. The molecule has 0 rings (SSSR count). The highest BCUT2D eigenvalue weighted by Crippen LogP contribution is 1.85. The Morgan fingerprint density at radius 2 is 1.38 bits per heavy atom. The maximum Gasteiger partial charge on any atom is 0.0668 e. The van der Waals surface area contributed by atoms with Crippen molar-refractivity contribution >= 4 is 5.97 Å². The molecule has 2 heteroatoms. The molecular formula is C11H21O2-. The number of allylic oxidation sites excluding steroid dienone is 3. The molecule has 13 heavy (non-hydrogen) atoms. The molecule has 0 saturated carbocycles. The molecule has 0 atom stereocenters. The molecule has 0 aliphatic heterocycles. The van der Waals surface area contributed by atoms with Crippen molar-refractivity contribution in [1.29, 1.82) is 0 Å². The summed E-state index contributed by atoms with van der Waals surface area (Å²) in [6, 6.07) is 0. The summed E-state index contributed by atoms with van der Waals surface area (Å²) in [7, 11) is 0. The minimum atomic E-state index is -1.09. The highest BCUT2D eigenvalue weighted by atomic mass is 16.4. The first kappa shape index (κ1) is 17.9. The zero-order valence-electron chi connectivity index (χ0n) is 8.47. The van der Waals surface area contributed by atoms with Gasteiger partial charge >= 0.3 is 0 Å². The highest BCUT2D eigenvalue weighted by Gasteiger charge is 1.80. The van der Waals surface area contributed by atoms with Gasteiger partial charge in [0.15, 0.2) is 0 Å². The van der Waals surface area contributed by atoms with E-state index in [1.807, 2.05) is 6.92 Å². The minimum Gasteiger partial charge on any atom is -0.545 e. The quantitative estimate of drug-likeness (QED) is 0.464. The van der Waals surface area contributed by atoms with E-state index < -0.39 is 5.97 Å². The molecular weight excluding hydrogens is 164 g/mol. The van der Waals surface area contributed by atoms with Crippen LogP contribution in [0.5, 0.6) is 0 Å². The summed E-state index contributed by atoms with van der Waals surface area (Å²) in [6.07, 6.45) is 3.58. The zero-order valence-corrected chi connectivity index (χ0v) is 8.47. The van der Waals surface area contributed by atoms with E-state index in [4.69, 9.17) is 0 Å². The lowest BCUT2D eigenvalue weighted by molar-refractivity contribution is -0.299. The Morgan fingerprint density at radius 3 is 1.38 bits per heavy atom. The standard InChI is InChI=1S/C5H8O2.C5H10.CH4/c1-3-4(2)5(6)7;1-4-5(2)3;/h3H,1-2H3,(H,6,7);4H,1-3H3;1H4/p-1/b4-3+;;. The van der Waals surface area contributed by atoms with E-state index in [-0.39, 0.29) is 13.0 Å². The van der Waals surface area contributed by atoms with Crippen LogP contribution in [0.3, 0.4) is 0 Å². The van der Waals surface area contributed by atoms with E-state index in [0.717, 1.165) is 0 Å². The molecule has 0 unspecified atom stereocenters. The summed E-state index contributed by atoms with van der Waals surface area (Å²) in [4.78, 5) is 9.75. The molecule has 0 radical (unpaired) electrons. The fourth-order valence-corrected chi connectivity index (χ4v) is 0.118. The van der Waals surface area contributed by atoms with Crippen molar-refractivity contribution in [1.82, 2.24) is 0 Å². The maximum atomic E-state index is 9.75. The van der Waals surface area contributed by atoms with Crippen molar-refractivity contribution < 1.29 is 9.90 Å². The normalized spacial score (nSPS) is 8.85. The lowest BCUT2D eigenvalue weighted by Crippen LogP contribution is -2.22. The number of hydrogen-bond donors (Lipinski definition) is 0. The van der Waals surface area contributed by atoms with Crippen LogP contribution in [-0.4, -0.2) is 5.97 Å². The largest absolute Gasteiger partial charge is 0.545 e. The Labute approximate surface area is 82.0 Å². The van der Waals surface area contributed by atoms with E-state index >= 15 is 0 Å². The first-order valence-electron chi connectivity index (χ1n) is 3.89. The molecule has 0 spiro atoms. The van der Waals surface area contributed by atoms with Gasteiger partial charge in [0.2, 0.25) is 0 Å². The van der Waals surface area contributed by atoms with Crippen molar-refractivity contribution in [3.05, 3.63) is 23.3 Å². The molecule has 2 nitrogen and oxygen atoms in total. The van der Waals surface area contributed by atoms with Gasteiger partial charge in [-0.1, -0.05) is 25.2 Å². The molecule has 0 aromatic rings. The number of carboxylic acids is 1. The zero-order chi connectivity index (χ0) is 10.1. The van der Waals surface area contributed by atoms with Gasteiger partial charge in [0, 0.05) is 0 Å². The van der Waals surface area contributed by atoms with Crippen LogP contribution in [0.25, 0.3) is 0 Å². The van der Waals surface area contributed by atoms with Crippen molar-refractivity contribution in [3.63, 3.8) is 0 Å². The molecule has 78 valence electrons. The maximum absolute atomic E-state index is 9.75. The van der Waals surface area contributed by atoms with E-state index in [0.29, 0.717) is 0 Å². The van der Waals surface area contributed by atoms with Crippen LogP contribution in [0.2, 0.25) is 0 Å². The average Bonchev–Trinajstić information content (AvgIpc) is 2.04. The van der Waals surface area contributed by atoms with Gasteiger partial charge in [-0.3, -0.25) is 0 Å². The van der Waals surface area contributed by atoms with Gasteiger partial charge in [0.1, 0.15) is 0 Å². The molecule has 0 aliphatic carbocycles. The fraction of sp³-hybridized carbons (Fsp3) is 0.545. The van der Waals surface area contributed by atoms with Crippen LogP contribution in [0, 0.1) is 0 Å². The number of hydrogen-bond acceptors (Lipinski definition) is 2. The molecule has 0 aromatic carbocycles. The second kappa shape index (κ2) is 11.0. The topological polar surface area (TPSA) is 40.1 Å². The molecule has 0 N–H and O–H groups in total. The number of rotatable bonds is 1. The molecule has 0 aromatic heterocycles. The first-order chi connectivity index (χ1) is 5.45. The molecule has 0 bridgehead atoms. The Balaban J connectivity index is -0.000000150. The second-order valence-electron chi connectivity index (χ2n) is 2.63. The van der Waals surface area contributed by atoms with E-state index in [1.54, 1.807) is 6.92 Å². The van der Waals surface area contributed by atoms with Gasteiger partial charge in [-0.15, -0.1) is 0 Å². The smallest absolute Gasteiger partial charge is 0.0668 e. The Kier molecular flexibility index (Phi) is 15.1. The summed E-state index contributed by atoms with van der Waals surface area (Å²) < 4.78 is 0. The van der Waals surface area contributed by atoms with Crippen molar-refractivity contribution in [2.75, 3.05) is 0 Å². The monoisotopic (exact) mass is 185 g/mol. The van der Waals surface area contributed by atoms with Crippen molar-refractivity contribution in [2.45, 2.75) is 42.0 Å². The van der Waals surface area contributed by atoms with Gasteiger partial charge < -0.3 is 9.90 Å². The van der Waals surface area contributed by atoms with Crippen LogP contribution < -0.4 is 5.11 Å².